The van der Waals surface area contributed by atoms with Gasteiger partial charge in [-0.05, 0) is 58.7 Å². The zero-order valence-corrected chi connectivity index (χ0v) is 22.2. The summed E-state index contributed by atoms with van der Waals surface area (Å²) in [5.74, 6) is -0.504. The van der Waals surface area contributed by atoms with Crippen LogP contribution in [0.3, 0.4) is 0 Å². The van der Waals surface area contributed by atoms with Crippen molar-refractivity contribution in [3.8, 4) is 11.1 Å². The van der Waals surface area contributed by atoms with Crippen molar-refractivity contribution in [1.82, 2.24) is 0 Å². The van der Waals surface area contributed by atoms with Gasteiger partial charge < -0.3 is 10.6 Å². The number of benzene rings is 4. The second-order valence-electron chi connectivity index (χ2n) is 9.16. The summed E-state index contributed by atoms with van der Waals surface area (Å²) in [5.41, 5.74) is 6.10. The molecule has 0 aromatic heterocycles. The Morgan fingerprint density at radius 2 is 0.800 bits per heavy atom. The van der Waals surface area contributed by atoms with Crippen LogP contribution in [0.15, 0.2) is 109 Å². The van der Waals surface area contributed by atoms with E-state index in [1.807, 2.05) is 48.5 Å². The SMILES string of the molecule is CC(=O)Nc1ccc(/C=C/C(=O)c2ccc(-c3ccc(C(=O)/C=C/c4ccc(NC(C)=O)cc4)cc3)cc2)cc1. The molecule has 4 rings (SSSR count). The fourth-order valence-corrected chi connectivity index (χ4v) is 3.95. The molecule has 6 nitrogen and oxygen atoms in total. The molecule has 0 saturated heterocycles. The number of amides is 2. The number of hydrogen-bond donors (Lipinski definition) is 2. The second-order valence-corrected chi connectivity index (χ2v) is 9.16. The lowest BCUT2D eigenvalue weighted by Crippen LogP contribution is -2.05. The third-order valence-corrected chi connectivity index (χ3v) is 5.99. The highest BCUT2D eigenvalue weighted by molar-refractivity contribution is 6.08. The van der Waals surface area contributed by atoms with E-state index in [0.717, 1.165) is 22.3 Å². The maximum absolute atomic E-state index is 12.6. The van der Waals surface area contributed by atoms with Crippen molar-refractivity contribution in [2.45, 2.75) is 13.8 Å². The van der Waals surface area contributed by atoms with Crippen molar-refractivity contribution < 1.29 is 19.2 Å². The molecule has 0 radical (unpaired) electrons. The summed E-state index contributed by atoms with van der Waals surface area (Å²) in [6.07, 6.45) is 6.51. The van der Waals surface area contributed by atoms with Gasteiger partial charge in [0.05, 0.1) is 0 Å². The average molecular weight is 529 g/mol. The smallest absolute Gasteiger partial charge is 0.221 e. The van der Waals surface area contributed by atoms with E-state index < -0.39 is 0 Å². The minimum absolute atomic E-state index is 0.116. The third kappa shape index (κ3) is 7.82. The van der Waals surface area contributed by atoms with E-state index in [9.17, 15) is 19.2 Å². The van der Waals surface area contributed by atoms with E-state index in [1.165, 1.54) is 26.0 Å². The molecule has 0 aliphatic rings. The molecule has 0 atom stereocenters. The van der Waals surface area contributed by atoms with E-state index in [4.69, 9.17) is 0 Å². The number of allylic oxidation sites excluding steroid dienone is 2. The summed E-state index contributed by atoms with van der Waals surface area (Å²) in [4.78, 5) is 47.5. The van der Waals surface area contributed by atoms with Gasteiger partial charge in [0.15, 0.2) is 11.6 Å². The van der Waals surface area contributed by atoms with Crippen LogP contribution >= 0.6 is 0 Å². The van der Waals surface area contributed by atoms with Crippen molar-refractivity contribution in [1.29, 1.82) is 0 Å². The van der Waals surface area contributed by atoms with Gasteiger partial charge >= 0.3 is 0 Å². The van der Waals surface area contributed by atoms with Gasteiger partial charge in [0, 0.05) is 36.3 Å². The van der Waals surface area contributed by atoms with Crippen molar-refractivity contribution in [2.75, 3.05) is 10.6 Å². The van der Waals surface area contributed by atoms with Crippen LogP contribution in [0.1, 0.15) is 45.7 Å². The van der Waals surface area contributed by atoms with Gasteiger partial charge in [-0.25, -0.2) is 0 Å². The molecule has 4 aromatic rings. The molecule has 2 N–H and O–H groups in total. The molecule has 0 bridgehead atoms. The Labute approximate surface area is 233 Å². The predicted octanol–water partition coefficient (Wildman–Crippen LogP) is 7.06. The van der Waals surface area contributed by atoms with Crippen LogP contribution in [0.5, 0.6) is 0 Å². The van der Waals surface area contributed by atoms with Gasteiger partial charge in [-0.3, -0.25) is 19.2 Å². The average Bonchev–Trinajstić information content (AvgIpc) is 2.96. The summed E-state index contributed by atoms with van der Waals surface area (Å²) in [6, 6.07) is 29.1. The first kappa shape index (κ1) is 27.7. The summed E-state index contributed by atoms with van der Waals surface area (Å²) in [5, 5.41) is 5.42. The summed E-state index contributed by atoms with van der Waals surface area (Å²) in [7, 11) is 0. The zero-order chi connectivity index (χ0) is 28.5. The highest BCUT2D eigenvalue weighted by atomic mass is 16.2. The van der Waals surface area contributed by atoms with Gasteiger partial charge in [-0.2, -0.15) is 0 Å². The summed E-state index contributed by atoms with van der Waals surface area (Å²) < 4.78 is 0. The third-order valence-electron chi connectivity index (χ3n) is 5.99. The van der Waals surface area contributed by atoms with Crippen LogP contribution in [0.2, 0.25) is 0 Å². The first-order chi connectivity index (χ1) is 19.3. The lowest BCUT2D eigenvalue weighted by atomic mass is 10.00. The molecule has 0 unspecified atom stereocenters. The lowest BCUT2D eigenvalue weighted by molar-refractivity contribution is -0.115. The Bertz CT molecular complexity index is 1460. The Hall–Kier alpha value is -5.36. The highest BCUT2D eigenvalue weighted by Gasteiger charge is 2.06. The Kier molecular flexibility index (Phi) is 8.95. The first-order valence-electron chi connectivity index (χ1n) is 12.7. The maximum atomic E-state index is 12.6. The summed E-state index contributed by atoms with van der Waals surface area (Å²) >= 11 is 0. The molecular formula is C34H28N2O4. The molecule has 0 heterocycles. The Balaban J connectivity index is 1.35. The quantitative estimate of drug-likeness (QED) is 0.180. The molecule has 0 aliphatic carbocycles. The number of anilines is 2. The van der Waals surface area contributed by atoms with Gasteiger partial charge in [0.1, 0.15) is 0 Å². The molecule has 198 valence electrons. The number of nitrogens with one attached hydrogen (secondary N) is 2. The molecule has 0 fully saturated rings. The van der Waals surface area contributed by atoms with E-state index >= 15 is 0 Å². The minimum atomic E-state index is -0.136. The van der Waals surface area contributed by atoms with Crippen molar-refractivity contribution in [2.24, 2.45) is 0 Å². The van der Waals surface area contributed by atoms with Crippen LogP contribution in [0.25, 0.3) is 23.3 Å². The normalized spacial score (nSPS) is 10.9. The summed E-state index contributed by atoms with van der Waals surface area (Å²) in [6.45, 7) is 2.90. The molecule has 0 aliphatic heterocycles. The molecule has 4 aromatic carbocycles. The van der Waals surface area contributed by atoms with Crippen LogP contribution in [0.4, 0.5) is 11.4 Å². The van der Waals surface area contributed by atoms with Crippen LogP contribution in [-0.4, -0.2) is 23.4 Å². The Morgan fingerprint density at radius 1 is 0.475 bits per heavy atom. The van der Waals surface area contributed by atoms with Crippen molar-refractivity contribution in [3.63, 3.8) is 0 Å². The van der Waals surface area contributed by atoms with E-state index in [-0.39, 0.29) is 23.4 Å². The standard InChI is InChI=1S/C34H28N2O4/c1-23(37)35-31-17-3-25(4-18-31)7-21-33(39)29-13-9-27(10-14-29)28-11-15-30(16-12-28)34(40)22-8-26-5-19-32(20-6-26)36-24(2)38/h3-22H,1-2H3,(H,35,37)(H,36,38)/b21-7+,22-8+. The van der Waals surface area contributed by atoms with E-state index in [0.29, 0.717) is 22.5 Å². The number of carbonyl (C=O) groups is 4. The fraction of sp³-hybridized carbons (Fsp3) is 0.0588. The topological polar surface area (TPSA) is 92.3 Å². The van der Waals surface area contributed by atoms with E-state index in [1.54, 1.807) is 60.7 Å². The number of carbonyl (C=O) groups excluding carboxylic acids is 4. The molecule has 0 spiro atoms. The fourth-order valence-electron chi connectivity index (χ4n) is 3.95. The molecular weight excluding hydrogens is 500 g/mol. The van der Waals surface area contributed by atoms with Gasteiger partial charge in [-0.15, -0.1) is 0 Å². The molecule has 6 heteroatoms. The Morgan fingerprint density at radius 3 is 1.10 bits per heavy atom. The maximum Gasteiger partial charge on any atom is 0.221 e. The largest absolute Gasteiger partial charge is 0.326 e. The first-order valence-corrected chi connectivity index (χ1v) is 12.7. The van der Waals surface area contributed by atoms with Crippen LogP contribution in [0, 0.1) is 0 Å². The predicted molar refractivity (Wildman–Crippen MR) is 160 cm³/mol. The highest BCUT2D eigenvalue weighted by Crippen LogP contribution is 2.22. The van der Waals surface area contributed by atoms with Gasteiger partial charge in [0.2, 0.25) is 11.8 Å². The van der Waals surface area contributed by atoms with Crippen molar-refractivity contribution in [3.05, 3.63) is 131 Å². The zero-order valence-electron chi connectivity index (χ0n) is 22.2. The molecule has 40 heavy (non-hydrogen) atoms. The molecule has 2 amide bonds. The van der Waals surface area contributed by atoms with Gasteiger partial charge in [0.25, 0.3) is 0 Å². The van der Waals surface area contributed by atoms with Crippen molar-refractivity contribution >= 4 is 46.9 Å². The minimum Gasteiger partial charge on any atom is -0.326 e. The second kappa shape index (κ2) is 12.9. The number of hydrogen-bond acceptors (Lipinski definition) is 4. The van der Waals surface area contributed by atoms with E-state index in [2.05, 4.69) is 10.6 Å². The lowest BCUT2D eigenvalue weighted by Gasteiger charge is -2.05. The monoisotopic (exact) mass is 528 g/mol. The number of rotatable bonds is 9. The number of ketones is 2. The van der Waals surface area contributed by atoms with Gasteiger partial charge in [-0.1, -0.05) is 84.9 Å². The van der Waals surface area contributed by atoms with Crippen LogP contribution in [-0.2, 0) is 9.59 Å². The van der Waals surface area contributed by atoms with Crippen LogP contribution < -0.4 is 10.6 Å². The molecule has 0 saturated carbocycles.